The van der Waals surface area contributed by atoms with Crippen LogP contribution in [0.25, 0.3) is 0 Å². The van der Waals surface area contributed by atoms with Gasteiger partial charge in [-0.3, -0.25) is 19.7 Å². The summed E-state index contributed by atoms with van der Waals surface area (Å²) in [5.74, 6) is -2.59. The highest BCUT2D eigenvalue weighted by Crippen LogP contribution is 2.26. The monoisotopic (exact) mass is 337 g/mol. The fourth-order valence-electron chi connectivity index (χ4n) is 1.62. The molecule has 7 nitrogen and oxygen atoms in total. The second kappa shape index (κ2) is 6.84. The maximum atomic E-state index is 12.8. The predicted molar refractivity (Wildman–Crippen MR) is 81.8 cm³/mol. The van der Waals surface area contributed by atoms with Crippen LogP contribution in [0.4, 0.5) is 21.5 Å². The number of hydrogen-bond donors (Lipinski definition) is 2. The molecule has 0 aromatic heterocycles. The highest BCUT2D eigenvalue weighted by atomic mass is 35.5. The molecule has 0 saturated heterocycles. The number of halogens is 2. The number of carbonyl (C=O) groups excluding carboxylic acids is 2. The van der Waals surface area contributed by atoms with E-state index in [-0.39, 0.29) is 22.1 Å². The second-order valence-electron chi connectivity index (χ2n) is 4.34. The van der Waals surface area contributed by atoms with Crippen molar-refractivity contribution in [3.63, 3.8) is 0 Å². The van der Waals surface area contributed by atoms with Crippen molar-refractivity contribution in [2.24, 2.45) is 0 Å². The molecule has 0 bridgehead atoms. The first-order valence-electron chi connectivity index (χ1n) is 6.18. The predicted octanol–water partition coefficient (Wildman–Crippen LogP) is 2.96. The van der Waals surface area contributed by atoms with E-state index in [0.717, 1.165) is 24.3 Å². The number of nitro groups is 1. The van der Waals surface area contributed by atoms with Crippen LogP contribution in [-0.4, -0.2) is 16.7 Å². The minimum atomic E-state index is -1.07. The molecule has 2 N–H and O–H groups in total. The van der Waals surface area contributed by atoms with Crippen LogP contribution in [0.3, 0.4) is 0 Å². The Hall–Kier alpha value is -3.00. The third kappa shape index (κ3) is 4.24. The molecule has 0 aliphatic rings. The topological polar surface area (TPSA) is 101 Å². The van der Waals surface area contributed by atoms with Crippen LogP contribution in [0.15, 0.2) is 42.5 Å². The lowest BCUT2D eigenvalue weighted by Gasteiger charge is -2.08. The number of carbonyl (C=O) groups is 2. The van der Waals surface area contributed by atoms with E-state index in [4.69, 9.17) is 11.6 Å². The number of nitrogens with zero attached hydrogens (tertiary/aromatic N) is 1. The summed E-state index contributed by atoms with van der Waals surface area (Å²) in [4.78, 5) is 33.6. The molecule has 23 heavy (non-hydrogen) atoms. The third-order valence-corrected chi connectivity index (χ3v) is 3.05. The van der Waals surface area contributed by atoms with Crippen molar-refractivity contribution in [2.45, 2.75) is 0 Å². The molecular weight excluding hydrogens is 329 g/mol. The van der Waals surface area contributed by atoms with E-state index in [0.29, 0.717) is 0 Å². The lowest BCUT2D eigenvalue weighted by molar-refractivity contribution is -0.384. The Morgan fingerprint density at radius 3 is 2.26 bits per heavy atom. The van der Waals surface area contributed by atoms with Gasteiger partial charge in [0.25, 0.3) is 5.69 Å². The van der Waals surface area contributed by atoms with E-state index in [2.05, 4.69) is 10.6 Å². The largest absolute Gasteiger partial charge is 0.318 e. The van der Waals surface area contributed by atoms with Crippen molar-refractivity contribution in [3.8, 4) is 0 Å². The molecule has 0 unspecified atom stereocenters. The molecule has 2 amide bonds. The standard InChI is InChI=1S/C14H9ClFN3O4/c15-11-6-5-10(19(22)23)7-12(11)18-14(21)13(20)17-9-3-1-8(16)2-4-9/h1-7H,(H,17,20)(H,18,21). The number of rotatable bonds is 3. The van der Waals surface area contributed by atoms with Crippen LogP contribution in [0.1, 0.15) is 0 Å². The van der Waals surface area contributed by atoms with Crippen LogP contribution in [0, 0.1) is 15.9 Å². The summed E-state index contributed by atoms with van der Waals surface area (Å²) in [5.41, 5.74) is -0.138. The zero-order valence-electron chi connectivity index (χ0n) is 11.4. The van der Waals surface area contributed by atoms with E-state index in [1.54, 1.807) is 0 Å². The van der Waals surface area contributed by atoms with Crippen molar-refractivity contribution in [1.82, 2.24) is 0 Å². The fraction of sp³-hybridized carbons (Fsp3) is 0. The molecule has 2 rings (SSSR count). The van der Waals surface area contributed by atoms with Gasteiger partial charge < -0.3 is 10.6 Å². The summed E-state index contributed by atoms with van der Waals surface area (Å²) in [6.07, 6.45) is 0. The molecule has 2 aromatic carbocycles. The van der Waals surface area contributed by atoms with E-state index in [9.17, 15) is 24.1 Å². The first-order chi connectivity index (χ1) is 10.9. The van der Waals surface area contributed by atoms with Crippen LogP contribution in [0.5, 0.6) is 0 Å². The molecule has 0 aliphatic carbocycles. The Labute approximate surface area is 134 Å². The molecule has 0 aliphatic heterocycles. The molecule has 0 heterocycles. The highest BCUT2D eigenvalue weighted by Gasteiger charge is 2.17. The van der Waals surface area contributed by atoms with E-state index in [1.165, 1.54) is 18.2 Å². The highest BCUT2D eigenvalue weighted by molar-refractivity contribution is 6.44. The van der Waals surface area contributed by atoms with Crippen LogP contribution in [0.2, 0.25) is 5.02 Å². The number of nitrogens with one attached hydrogen (secondary N) is 2. The molecule has 0 spiro atoms. The molecule has 2 aromatic rings. The van der Waals surface area contributed by atoms with Gasteiger partial charge in [0.15, 0.2) is 0 Å². The number of benzene rings is 2. The van der Waals surface area contributed by atoms with Crippen LogP contribution in [-0.2, 0) is 9.59 Å². The molecule has 9 heteroatoms. The van der Waals surface area contributed by atoms with Gasteiger partial charge in [0.2, 0.25) is 0 Å². The van der Waals surface area contributed by atoms with Gasteiger partial charge >= 0.3 is 11.8 Å². The lowest BCUT2D eigenvalue weighted by Crippen LogP contribution is -2.29. The SMILES string of the molecule is O=C(Nc1ccc(F)cc1)C(=O)Nc1cc([N+](=O)[O-])ccc1Cl. The molecule has 0 radical (unpaired) electrons. The van der Waals surface area contributed by atoms with Crippen LogP contribution >= 0.6 is 11.6 Å². The maximum absolute atomic E-state index is 12.8. The summed E-state index contributed by atoms with van der Waals surface area (Å²) in [6, 6.07) is 8.22. The van der Waals surface area contributed by atoms with Crippen molar-refractivity contribution < 1.29 is 18.9 Å². The molecule has 0 atom stereocenters. The zero-order valence-corrected chi connectivity index (χ0v) is 12.1. The van der Waals surface area contributed by atoms with Crippen molar-refractivity contribution >= 4 is 40.5 Å². The minimum absolute atomic E-state index is 0.0403. The molecule has 0 saturated carbocycles. The number of hydrogen-bond acceptors (Lipinski definition) is 4. The zero-order chi connectivity index (χ0) is 17.0. The summed E-state index contributed by atoms with van der Waals surface area (Å²) >= 11 is 5.82. The quantitative estimate of drug-likeness (QED) is 0.510. The normalized spacial score (nSPS) is 10.0. The molecule has 0 fully saturated rings. The van der Waals surface area contributed by atoms with E-state index < -0.39 is 22.6 Å². The summed E-state index contributed by atoms with van der Waals surface area (Å²) < 4.78 is 12.8. The lowest BCUT2D eigenvalue weighted by atomic mass is 10.2. The molecular formula is C14H9ClFN3O4. The first kappa shape index (κ1) is 16.4. The van der Waals surface area contributed by atoms with Crippen molar-refractivity contribution in [3.05, 3.63) is 63.4 Å². The van der Waals surface area contributed by atoms with Gasteiger partial charge in [-0.1, -0.05) is 11.6 Å². The van der Waals surface area contributed by atoms with Gasteiger partial charge in [-0.15, -0.1) is 0 Å². The average Bonchev–Trinajstić information content (AvgIpc) is 2.51. The number of non-ortho nitro benzene ring substituents is 1. The Kier molecular flexibility index (Phi) is 4.87. The van der Waals surface area contributed by atoms with Gasteiger partial charge in [-0.2, -0.15) is 0 Å². The first-order valence-corrected chi connectivity index (χ1v) is 6.56. The summed E-state index contributed by atoms with van der Waals surface area (Å²) in [7, 11) is 0. The Morgan fingerprint density at radius 1 is 1.04 bits per heavy atom. The van der Waals surface area contributed by atoms with Crippen molar-refractivity contribution in [2.75, 3.05) is 10.6 Å². The fourth-order valence-corrected chi connectivity index (χ4v) is 1.79. The van der Waals surface area contributed by atoms with Crippen molar-refractivity contribution in [1.29, 1.82) is 0 Å². The van der Waals surface area contributed by atoms with E-state index in [1.807, 2.05) is 0 Å². The number of nitro benzene ring substituents is 1. The Bertz CT molecular complexity index is 780. The Balaban J connectivity index is 2.09. The minimum Gasteiger partial charge on any atom is -0.318 e. The van der Waals surface area contributed by atoms with Gasteiger partial charge in [0.05, 0.1) is 15.6 Å². The third-order valence-electron chi connectivity index (χ3n) is 2.72. The maximum Gasteiger partial charge on any atom is 0.314 e. The summed E-state index contributed by atoms with van der Waals surface area (Å²) in [5, 5.41) is 15.2. The Morgan fingerprint density at radius 2 is 1.65 bits per heavy atom. The van der Waals surface area contributed by atoms with Gasteiger partial charge in [0, 0.05) is 17.8 Å². The summed E-state index contributed by atoms with van der Waals surface area (Å²) in [6.45, 7) is 0. The smallest absolute Gasteiger partial charge is 0.314 e. The number of amides is 2. The van der Waals surface area contributed by atoms with E-state index >= 15 is 0 Å². The van der Waals surface area contributed by atoms with Gasteiger partial charge in [-0.05, 0) is 30.3 Å². The molecule has 118 valence electrons. The van der Waals surface area contributed by atoms with Gasteiger partial charge in [0.1, 0.15) is 5.82 Å². The average molecular weight is 338 g/mol. The van der Waals surface area contributed by atoms with Gasteiger partial charge in [-0.25, -0.2) is 4.39 Å². The number of anilines is 2. The second-order valence-corrected chi connectivity index (χ2v) is 4.74. The van der Waals surface area contributed by atoms with Crippen LogP contribution < -0.4 is 10.6 Å².